The van der Waals surface area contributed by atoms with Gasteiger partial charge in [0, 0.05) is 6.61 Å². The van der Waals surface area contributed by atoms with Crippen LogP contribution in [0, 0.1) is 0 Å². The Morgan fingerprint density at radius 2 is 0.660 bits per heavy atom. The summed E-state index contributed by atoms with van der Waals surface area (Å²) in [7, 11) is -2.53. The minimum absolute atomic E-state index is 0.0519. The second-order valence-corrected chi connectivity index (χ2v) is 17.0. The third-order valence-corrected chi connectivity index (χ3v) is 12.9. The summed E-state index contributed by atoms with van der Waals surface area (Å²) >= 11 is 0. The van der Waals surface area contributed by atoms with E-state index in [4.69, 9.17) is 47.1 Å². The smallest absolute Gasteiger partial charge is 0.261 e. The van der Waals surface area contributed by atoms with Crippen molar-refractivity contribution >= 4 is 18.7 Å². The molecular weight excluding hydrogens is 657 g/mol. The number of rotatable bonds is 34. The molecule has 286 valence electrons. The van der Waals surface area contributed by atoms with Crippen molar-refractivity contribution < 1.29 is 47.1 Å². The molecular formula is C39H66O10Si. The fraction of sp³-hybridized carbons (Fsp3) is 0.692. The lowest BCUT2D eigenvalue weighted by atomic mass is 10.2. The summed E-state index contributed by atoms with van der Waals surface area (Å²) in [6.45, 7) is 19.5. The van der Waals surface area contributed by atoms with Gasteiger partial charge in [0.15, 0.2) is 0 Å². The molecule has 2 aromatic carbocycles. The van der Waals surface area contributed by atoms with Crippen LogP contribution in [0.2, 0.25) is 5.04 Å². The maximum absolute atomic E-state index is 6.85. The number of ether oxygens (including phenoxy) is 9. The van der Waals surface area contributed by atoms with Gasteiger partial charge in [-0.25, -0.2) is 0 Å². The van der Waals surface area contributed by atoms with Gasteiger partial charge in [0.25, 0.3) is 8.32 Å². The van der Waals surface area contributed by atoms with Crippen LogP contribution < -0.4 is 10.4 Å². The summed E-state index contributed by atoms with van der Waals surface area (Å²) in [5, 5.41) is 2.49. The van der Waals surface area contributed by atoms with Crippen molar-refractivity contribution in [2.75, 3.05) is 126 Å². The standard InChI is InChI=1S/C39H66O10Si/c1-5-6-13-18-40-19-20-41-21-22-42-23-24-43-25-26-44-27-28-45-29-30-46-31-32-47-33-34-48-35-36-49-50(39(2,3)4,37-14-9-7-10-15-37)38-16-11-8-12-17-38/h7-12,14-17H,5-6,13,18-36H2,1-4H3. The van der Waals surface area contributed by atoms with Crippen LogP contribution >= 0.6 is 0 Å². The normalized spacial score (nSPS) is 12.2. The van der Waals surface area contributed by atoms with Gasteiger partial charge in [-0.2, -0.15) is 0 Å². The van der Waals surface area contributed by atoms with Gasteiger partial charge in [0.1, 0.15) is 0 Å². The lowest BCUT2D eigenvalue weighted by Crippen LogP contribution is -2.66. The summed E-state index contributed by atoms with van der Waals surface area (Å²) in [6, 6.07) is 21.3. The Balaban J connectivity index is 1.34. The molecule has 0 N–H and O–H groups in total. The summed E-state index contributed by atoms with van der Waals surface area (Å²) in [6.07, 6.45) is 3.55. The van der Waals surface area contributed by atoms with E-state index >= 15 is 0 Å². The zero-order valence-electron chi connectivity index (χ0n) is 31.4. The van der Waals surface area contributed by atoms with Crippen LogP contribution in [-0.2, 0) is 47.1 Å². The van der Waals surface area contributed by atoms with Gasteiger partial charge in [-0.1, -0.05) is 101 Å². The van der Waals surface area contributed by atoms with Crippen LogP contribution in [0.25, 0.3) is 0 Å². The molecule has 0 spiro atoms. The molecule has 0 atom stereocenters. The molecule has 0 amide bonds. The predicted molar refractivity (Wildman–Crippen MR) is 200 cm³/mol. The van der Waals surface area contributed by atoms with Crippen LogP contribution in [0.5, 0.6) is 0 Å². The average Bonchev–Trinajstić information content (AvgIpc) is 3.12. The molecule has 0 saturated heterocycles. The molecule has 0 radical (unpaired) electrons. The zero-order valence-corrected chi connectivity index (χ0v) is 32.4. The first-order valence-electron chi connectivity index (χ1n) is 18.5. The largest absolute Gasteiger partial charge is 0.405 e. The van der Waals surface area contributed by atoms with Crippen molar-refractivity contribution in [1.29, 1.82) is 0 Å². The van der Waals surface area contributed by atoms with Gasteiger partial charge in [0.2, 0.25) is 0 Å². The van der Waals surface area contributed by atoms with Crippen LogP contribution in [-0.4, -0.2) is 134 Å². The van der Waals surface area contributed by atoms with Crippen molar-refractivity contribution in [2.24, 2.45) is 0 Å². The van der Waals surface area contributed by atoms with E-state index in [1.807, 2.05) is 0 Å². The van der Waals surface area contributed by atoms with Gasteiger partial charge in [-0.05, 0) is 21.8 Å². The van der Waals surface area contributed by atoms with Gasteiger partial charge in [0.05, 0.1) is 119 Å². The van der Waals surface area contributed by atoms with Gasteiger partial charge in [-0.3, -0.25) is 0 Å². The molecule has 0 aliphatic rings. The van der Waals surface area contributed by atoms with E-state index in [2.05, 4.69) is 88.4 Å². The molecule has 0 bridgehead atoms. The Bertz CT molecular complexity index is 969. The van der Waals surface area contributed by atoms with E-state index in [1.165, 1.54) is 23.2 Å². The fourth-order valence-electron chi connectivity index (χ4n) is 5.33. The van der Waals surface area contributed by atoms with Crippen molar-refractivity contribution in [1.82, 2.24) is 0 Å². The number of hydrogen-bond acceptors (Lipinski definition) is 10. The van der Waals surface area contributed by atoms with Crippen LogP contribution in [0.15, 0.2) is 60.7 Å². The first kappa shape index (κ1) is 44.4. The third-order valence-electron chi connectivity index (χ3n) is 7.83. The lowest BCUT2D eigenvalue weighted by molar-refractivity contribution is -0.0254. The highest BCUT2D eigenvalue weighted by molar-refractivity contribution is 6.99. The van der Waals surface area contributed by atoms with E-state index in [-0.39, 0.29) is 5.04 Å². The maximum Gasteiger partial charge on any atom is 0.261 e. The molecule has 0 unspecified atom stereocenters. The second kappa shape index (κ2) is 29.8. The highest BCUT2D eigenvalue weighted by Crippen LogP contribution is 2.36. The van der Waals surface area contributed by atoms with Gasteiger partial charge in [-0.15, -0.1) is 0 Å². The summed E-state index contributed by atoms with van der Waals surface area (Å²) in [5.74, 6) is 0. The maximum atomic E-state index is 6.85. The number of hydrogen-bond donors (Lipinski definition) is 0. The highest BCUT2D eigenvalue weighted by Gasteiger charge is 2.50. The van der Waals surface area contributed by atoms with Crippen molar-refractivity contribution in [3.05, 3.63) is 60.7 Å². The SMILES string of the molecule is CCCCCOCCOCCOCCOCCOCCOCCOCCOCCOCCO[Si](c1ccccc1)(c1ccccc1)C(C)(C)C. The zero-order chi connectivity index (χ0) is 35.9. The number of benzene rings is 2. The predicted octanol–water partition coefficient (Wildman–Crippen LogP) is 4.90. The molecule has 0 heterocycles. The summed E-state index contributed by atoms with van der Waals surface area (Å²) < 4.78 is 57.0. The van der Waals surface area contributed by atoms with E-state index in [0.29, 0.717) is 119 Å². The Morgan fingerprint density at radius 3 is 0.940 bits per heavy atom. The fourth-order valence-corrected chi connectivity index (χ4v) is 9.88. The molecule has 0 fully saturated rings. The Kier molecular flexibility index (Phi) is 26.5. The molecule has 11 heteroatoms. The third kappa shape index (κ3) is 19.8. The topological polar surface area (TPSA) is 92.3 Å². The van der Waals surface area contributed by atoms with Gasteiger partial charge >= 0.3 is 0 Å². The van der Waals surface area contributed by atoms with Crippen molar-refractivity contribution in [2.45, 2.75) is 52.0 Å². The van der Waals surface area contributed by atoms with Crippen LogP contribution in [0.4, 0.5) is 0 Å². The van der Waals surface area contributed by atoms with E-state index < -0.39 is 8.32 Å². The Hall–Kier alpha value is -1.74. The molecule has 0 saturated carbocycles. The molecule has 50 heavy (non-hydrogen) atoms. The van der Waals surface area contributed by atoms with Crippen molar-refractivity contribution in [3.8, 4) is 0 Å². The van der Waals surface area contributed by atoms with Crippen molar-refractivity contribution in [3.63, 3.8) is 0 Å². The Morgan fingerprint density at radius 1 is 0.380 bits per heavy atom. The van der Waals surface area contributed by atoms with Crippen LogP contribution in [0.1, 0.15) is 47.0 Å². The minimum atomic E-state index is -2.53. The van der Waals surface area contributed by atoms with Gasteiger partial charge < -0.3 is 47.1 Å². The van der Waals surface area contributed by atoms with Crippen LogP contribution in [0.3, 0.4) is 0 Å². The van der Waals surface area contributed by atoms with E-state index in [9.17, 15) is 0 Å². The monoisotopic (exact) mass is 722 g/mol. The van der Waals surface area contributed by atoms with E-state index in [1.54, 1.807) is 0 Å². The first-order valence-corrected chi connectivity index (χ1v) is 20.4. The van der Waals surface area contributed by atoms with E-state index in [0.717, 1.165) is 13.0 Å². The highest BCUT2D eigenvalue weighted by atomic mass is 28.4. The summed E-state index contributed by atoms with van der Waals surface area (Å²) in [5.41, 5.74) is 0. The molecule has 0 aliphatic carbocycles. The molecule has 10 nitrogen and oxygen atoms in total. The first-order chi connectivity index (χ1) is 24.5. The quantitative estimate of drug-likeness (QED) is 0.0734. The molecule has 2 rings (SSSR count). The Labute approximate surface area is 303 Å². The summed E-state index contributed by atoms with van der Waals surface area (Å²) in [4.78, 5) is 0. The molecule has 0 aliphatic heterocycles. The minimum Gasteiger partial charge on any atom is -0.405 e. The lowest BCUT2D eigenvalue weighted by Gasteiger charge is -2.43. The second-order valence-electron chi connectivity index (χ2n) is 12.7. The molecule has 0 aromatic heterocycles. The average molecular weight is 723 g/mol. The molecule has 2 aromatic rings. The number of unbranched alkanes of at least 4 members (excludes halogenated alkanes) is 2.